The van der Waals surface area contributed by atoms with E-state index in [1.54, 1.807) is 43.4 Å². The Bertz CT molecular complexity index is 779. The highest BCUT2D eigenvalue weighted by atomic mass is 35.5. The van der Waals surface area contributed by atoms with Gasteiger partial charge in [-0.2, -0.15) is 4.98 Å². The number of benzene rings is 1. The average molecular weight is 347 g/mol. The maximum Gasteiger partial charge on any atom is 0.269 e. The number of likely N-dealkylation sites (N-methyl/N-ethyl adjacent to an activating group) is 1. The molecule has 2 N–H and O–H groups in total. The Morgan fingerprint density at radius 1 is 1.29 bits per heavy atom. The lowest BCUT2D eigenvalue weighted by molar-refractivity contribution is -0.120. The molecule has 0 saturated heterocycles. The largest absolute Gasteiger partial charge is 0.466 e. The van der Waals surface area contributed by atoms with Crippen LogP contribution in [0.15, 0.2) is 36.4 Å². The summed E-state index contributed by atoms with van der Waals surface area (Å²) in [4.78, 5) is 29.6. The maximum absolute atomic E-state index is 12.3. The molecule has 1 aromatic heterocycles. The van der Waals surface area contributed by atoms with Gasteiger partial charge in [-0.25, -0.2) is 0 Å². The molecule has 0 spiro atoms. The van der Waals surface area contributed by atoms with E-state index in [0.717, 1.165) is 0 Å². The number of hydrogen-bond acceptors (Lipinski definition) is 5. The molecule has 8 heteroatoms. The van der Waals surface area contributed by atoms with Crippen LogP contribution in [-0.2, 0) is 9.59 Å². The van der Waals surface area contributed by atoms with Crippen LogP contribution in [0.2, 0.25) is 5.02 Å². The summed E-state index contributed by atoms with van der Waals surface area (Å²) in [7, 11) is 1.68. The first-order valence-corrected chi connectivity index (χ1v) is 7.63. The fourth-order valence-electron chi connectivity index (χ4n) is 2.33. The third kappa shape index (κ3) is 3.32. The van der Waals surface area contributed by atoms with E-state index in [9.17, 15) is 9.59 Å². The van der Waals surface area contributed by atoms with E-state index in [-0.39, 0.29) is 30.8 Å². The van der Waals surface area contributed by atoms with Gasteiger partial charge in [0, 0.05) is 10.7 Å². The predicted molar refractivity (Wildman–Crippen MR) is 90.9 cm³/mol. The van der Waals surface area contributed by atoms with Gasteiger partial charge in [0.25, 0.3) is 5.91 Å². The number of pyridine rings is 1. The maximum atomic E-state index is 12.3. The Labute approximate surface area is 143 Å². The highest BCUT2D eigenvalue weighted by molar-refractivity contribution is 6.30. The fourth-order valence-corrected chi connectivity index (χ4v) is 2.45. The van der Waals surface area contributed by atoms with E-state index < -0.39 is 0 Å². The van der Waals surface area contributed by atoms with Crippen LogP contribution in [0, 0.1) is 0 Å². The summed E-state index contributed by atoms with van der Waals surface area (Å²) >= 11 is 5.90. The minimum Gasteiger partial charge on any atom is -0.466 e. The van der Waals surface area contributed by atoms with Crippen molar-refractivity contribution in [2.45, 2.75) is 0 Å². The van der Waals surface area contributed by atoms with Crippen molar-refractivity contribution in [2.24, 2.45) is 0 Å². The topological polar surface area (TPSA) is 83.6 Å². The lowest BCUT2D eigenvalue weighted by atomic mass is 10.2. The Morgan fingerprint density at radius 2 is 2.04 bits per heavy atom. The SMILES string of the molecule is CNCC(=O)Nc1ccc2c(n1)OCC(=O)N2c1ccc(Cl)cc1. The number of hydrogen-bond donors (Lipinski definition) is 2. The Balaban J connectivity index is 1.91. The summed E-state index contributed by atoms with van der Waals surface area (Å²) in [5.74, 6) is 0.219. The second-order valence-corrected chi connectivity index (χ2v) is 5.53. The molecule has 0 saturated carbocycles. The van der Waals surface area contributed by atoms with E-state index in [1.165, 1.54) is 4.90 Å². The molecule has 0 bridgehead atoms. The number of rotatable bonds is 4. The second kappa shape index (κ2) is 6.86. The highest BCUT2D eigenvalue weighted by Gasteiger charge is 2.28. The molecule has 0 unspecified atom stereocenters. The summed E-state index contributed by atoms with van der Waals surface area (Å²) in [5, 5.41) is 5.99. The number of nitrogens with zero attached hydrogens (tertiary/aromatic N) is 2. The Hall–Kier alpha value is -2.64. The molecule has 0 aliphatic carbocycles. The molecule has 0 fully saturated rings. The van der Waals surface area contributed by atoms with Gasteiger partial charge in [-0.15, -0.1) is 0 Å². The quantitative estimate of drug-likeness (QED) is 0.884. The van der Waals surface area contributed by atoms with Gasteiger partial charge in [0.15, 0.2) is 6.61 Å². The summed E-state index contributed by atoms with van der Waals surface area (Å²) in [5.41, 5.74) is 1.18. The molecule has 2 aromatic rings. The zero-order valence-electron chi connectivity index (χ0n) is 12.9. The van der Waals surface area contributed by atoms with Crippen LogP contribution in [0.25, 0.3) is 0 Å². The van der Waals surface area contributed by atoms with E-state index in [2.05, 4.69) is 15.6 Å². The van der Waals surface area contributed by atoms with Crippen molar-refractivity contribution < 1.29 is 14.3 Å². The van der Waals surface area contributed by atoms with Crippen LogP contribution in [-0.4, -0.2) is 37.0 Å². The fraction of sp³-hybridized carbons (Fsp3) is 0.188. The molecule has 124 valence electrons. The number of halogens is 1. The van der Waals surface area contributed by atoms with Gasteiger partial charge in [-0.05, 0) is 43.4 Å². The third-order valence-corrected chi connectivity index (χ3v) is 3.60. The van der Waals surface area contributed by atoms with Crippen molar-refractivity contribution in [1.29, 1.82) is 0 Å². The Kier molecular flexibility index (Phi) is 4.64. The molecule has 2 amide bonds. The van der Waals surface area contributed by atoms with Gasteiger partial charge in [0.05, 0.1) is 6.54 Å². The molecule has 24 heavy (non-hydrogen) atoms. The monoisotopic (exact) mass is 346 g/mol. The van der Waals surface area contributed by atoms with Gasteiger partial charge >= 0.3 is 0 Å². The first-order chi connectivity index (χ1) is 11.6. The molecule has 0 radical (unpaired) electrons. The van der Waals surface area contributed by atoms with Gasteiger partial charge in [0.1, 0.15) is 11.5 Å². The number of aromatic nitrogens is 1. The standard InChI is InChI=1S/C16H15ClN4O3/c1-18-8-14(22)19-13-7-6-12-16(20-13)24-9-15(23)21(12)11-4-2-10(17)3-5-11/h2-7,18H,8-9H2,1H3,(H,19,20,22). The molecule has 1 aromatic carbocycles. The molecular formula is C16H15ClN4O3. The highest BCUT2D eigenvalue weighted by Crippen LogP contribution is 2.36. The summed E-state index contributed by atoms with van der Waals surface area (Å²) in [6.45, 7) is 0.0472. The van der Waals surface area contributed by atoms with Crippen molar-refractivity contribution in [2.75, 3.05) is 30.4 Å². The third-order valence-electron chi connectivity index (χ3n) is 3.35. The zero-order chi connectivity index (χ0) is 17.1. The minimum atomic E-state index is -0.216. The van der Waals surface area contributed by atoms with Gasteiger partial charge in [-0.1, -0.05) is 11.6 Å². The lowest BCUT2D eigenvalue weighted by Crippen LogP contribution is -2.35. The van der Waals surface area contributed by atoms with Crippen LogP contribution in [0.4, 0.5) is 17.2 Å². The van der Waals surface area contributed by atoms with Crippen molar-refractivity contribution in [3.8, 4) is 5.88 Å². The average Bonchev–Trinajstić information content (AvgIpc) is 2.56. The normalized spacial score (nSPS) is 13.2. The van der Waals surface area contributed by atoms with Crippen molar-refractivity contribution in [3.05, 3.63) is 41.4 Å². The smallest absolute Gasteiger partial charge is 0.269 e. The number of nitrogens with one attached hydrogen (secondary N) is 2. The van der Waals surface area contributed by atoms with Crippen LogP contribution in [0.1, 0.15) is 0 Å². The van der Waals surface area contributed by atoms with Crippen molar-refractivity contribution in [1.82, 2.24) is 10.3 Å². The van der Waals surface area contributed by atoms with Crippen molar-refractivity contribution in [3.63, 3.8) is 0 Å². The number of carbonyl (C=O) groups excluding carboxylic acids is 2. The van der Waals surface area contributed by atoms with E-state index in [4.69, 9.17) is 16.3 Å². The molecular weight excluding hydrogens is 332 g/mol. The Morgan fingerprint density at radius 3 is 2.75 bits per heavy atom. The molecule has 0 atom stereocenters. The van der Waals surface area contributed by atoms with Crippen LogP contribution in [0.3, 0.4) is 0 Å². The summed E-state index contributed by atoms with van der Waals surface area (Å²) in [6.07, 6.45) is 0. The summed E-state index contributed by atoms with van der Waals surface area (Å²) in [6, 6.07) is 10.2. The van der Waals surface area contributed by atoms with Gasteiger partial charge < -0.3 is 15.4 Å². The van der Waals surface area contributed by atoms with Crippen LogP contribution < -0.4 is 20.3 Å². The zero-order valence-corrected chi connectivity index (χ0v) is 13.6. The van der Waals surface area contributed by atoms with Crippen LogP contribution in [0.5, 0.6) is 5.88 Å². The summed E-state index contributed by atoms with van der Waals surface area (Å²) < 4.78 is 5.40. The lowest BCUT2D eigenvalue weighted by Gasteiger charge is -2.28. The first-order valence-electron chi connectivity index (χ1n) is 7.25. The first kappa shape index (κ1) is 16.2. The number of fused-ring (bicyclic) bond motifs is 1. The van der Waals surface area contributed by atoms with E-state index in [1.807, 2.05) is 0 Å². The number of anilines is 3. The number of ether oxygens (including phenoxy) is 1. The van der Waals surface area contributed by atoms with Crippen molar-refractivity contribution >= 4 is 40.6 Å². The van der Waals surface area contributed by atoms with E-state index in [0.29, 0.717) is 22.2 Å². The van der Waals surface area contributed by atoms with Crippen LogP contribution >= 0.6 is 11.6 Å². The van der Waals surface area contributed by atoms with Gasteiger partial charge in [-0.3, -0.25) is 14.5 Å². The predicted octanol–water partition coefficient (Wildman–Crippen LogP) is 1.95. The molecule has 7 nitrogen and oxygen atoms in total. The molecule has 3 rings (SSSR count). The minimum absolute atomic E-state index is 0.128. The number of carbonyl (C=O) groups is 2. The second-order valence-electron chi connectivity index (χ2n) is 5.09. The van der Waals surface area contributed by atoms with E-state index >= 15 is 0 Å². The number of amides is 2. The molecule has 1 aliphatic heterocycles. The van der Waals surface area contributed by atoms with Gasteiger partial charge in [0.2, 0.25) is 11.8 Å². The molecule has 2 heterocycles. The molecule has 1 aliphatic rings.